The third kappa shape index (κ3) is 4.73. The monoisotopic (exact) mass is 504 g/mol. The molecule has 1 radical (unpaired) electrons. The Morgan fingerprint density at radius 3 is 2.61 bits per heavy atom. The van der Waals surface area contributed by atoms with Gasteiger partial charge in [-0.05, 0) is 48.9 Å². The molecule has 1 saturated heterocycles. The van der Waals surface area contributed by atoms with Crippen molar-refractivity contribution in [3.63, 3.8) is 0 Å². The van der Waals surface area contributed by atoms with Crippen LogP contribution in [0.1, 0.15) is 53.1 Å². The van der Waals surface area contributed by atoms with Gasteiger partial charge in [0, 0.05) is 80.4 Å². The van der Waals surface area contributed by atoms with Gasteiger partial charge in [0.2, 0.25) is 5.91 Å². The predicted molar refractivity (Wildman–Crippen MR) is 142 cm³/mol. The molecule has 189 valence electrons. The fourth-order valence-electron chi connectivity index (χ4n) is 5.38. The molecule has 1 amide bonds. The van der Waals surface area contributed by atoms with Crippen molar-refractivity contribution in [3.05, 3.63) is 71.4 Å². The van der Waals surface area contributed by atoms with E-state index >= 15 is 0 Å². The molecular formula is C28H27LiN5O4. The van der Waals surface area contributed by atoms with Crippen LogP contribution in [-0.4, -0.2) is 80.3 Å². The van der Waals surface area contributed by atoms with E-state index < -0.39 is 5.97 Å². The van der Waals surface area contributed by atoms with Crippen LogP contribution in [-0.2, 0) is 22.5 Å². The van der Waals surface area contributed by atoms with Crippen LogP contribution in [0.4, 0.5) is 0 Å². The molecule has 38 heavy (non-hydrogen) atoms. The quantitative estimate of drug-likeness (QED) is 0.423. The Morgan fingerprint density at radius 1 is 1.08 bits per heavy atom. The second-order valence-corrected chi connectivity index (χ2v) is 9.60. The van der Waals surface area contributed by atoms with Gasteiger partial charge in [-0.2, -0.15) is 5.10 Å². The summed E-state index contributed by atoms with van der Waals surface area (Å²) in [5.74, 6) is -0.639. The van der Waals surface area contributed by atoms with Crippen LogP contribution >= 0.6 is 0 Å². The van der Waals surface area contributed by atoms with E-state index in [1.54, 1.807) is 13.0 Å². The van der Waals surface area contributed by atoms with E-state index in [9.17, 15) is 9.59 Å². The van der Waals surface area contributed by atoms with Crippen molar-refractivity contribution in [3.8, 4) is 16.9 Å². The number of ether oxygens (including phenoxy) is 1. The number of carboxylic acids is 1. The number of nitrogens with zero attached hydrogens (tertiary/aromatic N) is 5. The van der Waals surface area contributed by atoms with Crippen molar-refractivity contribution in [2.75, 3.05) is 19.8 Å². The number of carbonyl (C=O) groups is 2. The summed E-state index contributed by atoms with van der Waals surface area (Å²) in [6.45, 7) is 4.35. The summed E-state index contributed by atoms with van der Waals surface area (Å²) in [6, 6.07) is 11.2. The molecule has 10 heteroatoms. The largest absolute Gasteiger partial charge is 0.477 e. The van der Waals surface area contributed by atoms with E-state index in [1.807, 2.05) is 40.0 Å². The molecule has 4 aromatic rings. The topological polar surface area (TPSA) is 110 Å². The molecule has 0 unspecified atom stereocenters. The van der Waals surface area contributed by atoms with Crippen molar-refractivity contribution in [1.29, 1.82) is 0 Å². The summed E-state index contributed by atoms with van der Waals surface area (Å²) in [7, 11) is 0. The molecule has 1 aromatic carbocycles. The van der Waals surface area contributed by atoms with Gasteiger partial charge in [-0.15, -0.1) is 0 Å². The van der Waals surface area contributed by atoms with Gasteiger partial charge in [0.25, 0.3) is 0 Å². The molecule has 2 aliphatic rings. The summed E-state index contributed by atoms with van der Waals surface area (Å²) in [4.78, 5) is 34.0. The Hall–Kier alpha value is -3.51. The first-order valence-electron chi connectivity index (χ1n) is 12.5. The zero-order valence-corrected chi connectivity index (χ0v) is 21.6. The molecule has 6 rings (SSSR count). The molecule has 5 heterocycles. The van der Waals surface area contributed by atoms with Crippen molar-refractivity contribution in [2.24, 2.45) is 0 Å². The number of benzene rings is 1. The third-order valence-electron chi connectivity index (χ3n) is 7.39. The van der Waals surface area contributed by atoms with E-state index in [2.05, 4.69) is 9.97 Å². The van der Waals surface area contributed by atoms with Gasteiger partial charge in [-0.3, -0.25) is 9.78 Å². The Bertz CT molecular complexity index is 1510. The van der Waals surface area contributed by atoms with Crippen molar-refractivity contribution < 1.29 is 19.4 Å². The zero-order valence-electron chi connectivity index (χ0n) is 21.6. The van der Waals surface area contributed by atoms with Gasteiger partial charge in [-0.25, -0.2) is 14.5 Å². The van der Waals surface area contributed by atoms with Crippen molar-refractivity contribution >= 4 is 41.5 Å². The van der Waals surface area contributed by atoms with Gasteiger partial charge < -0.3 is 14.7 Å². The second-order valence-electron chi connectivity index (χ2n) is 9.60. The van der Waals surface area contributed by atoms with E-state index in [4.69, 9.17) is 14.9 Å². The standard InChI is InChI=1S/C28H27N5O4.Li/c1-17(34)32-10-7-21-26(16-32)33(31-27(21)18-8-11-37-12-9-18)25-4-2-3-19-13-24(30-15-22(19)25)20-5-6-23(28(35)36)29-14-20;/h2-6,13-15,18H,7-12,16H2,1H3,(H,35,36);. The molecule has 1 fully saturated rings. The van der Waals surface area contributed by atoms with Crippen LogP contribution in [0, 0.1) is 0 Å². The number of aromatic carboxylic acids is 1. The van der Waals surface area contributed by atoms with Crippen LogP contribution in [0.5, 0.6) is 0 Å². The molecule has 0 aliphatic carbocycles. The second kappa shape index (κ2) is 10.7. The predicted octanol–water partition coefficient (Wildman–Crippen LogP) is 3.60. The molecule has 1 N–H and O–H groups in total. The summed E-state index contributed by atoms with van der Waals surface area (Å²) in [5, 5.41) is 16.2. The number of aromatic nitrogens is 4. The molecule has 2 aliphatic heterocycles. The van der Waals surface area contributed by atoms with E-state index in [-0.39, 0.29) is 30.5 Å². The first-order chi connectivity index (χ1) is 18.0. The molecule has 9 nitrogen and oxygen atoms in total. The SMILES string of the molecule is CC(=O)N1CCc2c(C3CCOCC3)nn(-c3cccc4cc(-c5ccc(C(=O)O)nc5)ncc34)c2C1.[Li]. The Labute approximate surface area is 232 Å². The maximum atomic E-state index is 12.2. The molecule has 0 saturated carbocycles. The number of pyridine rings is 2. The minimum absolute atomic E-state index is 0. The number of carboxylic acid groups (broad SMARTS) is 1. The first kappa shape index (κ1) is 26.1. The molecule has 0 bridgehead atoms. The van der Waals surface area contributed by atoms with E-state index in [1.165, 1.54) is 17.8 Å². The summed E-state index contributed by atoms with van der Waals surface area (Å²) in [5.41, 5.74) is 5.83. The van der Waals surface area contributed by atoms with E-state index in [0.29, 0.717) is 24.7 Å². The van der Waals surface area contributed by atoms with Crippen molar-refractivity contribution in [1.82, 2.24) is 24.6 Å². The van der Waals surface area contributed by atoms with E-state index in [0.717, 1.165) is 65.9 Å². The van der Waals surface area contributed by atoms with Gasteiger partial charge in [0.1, 0.15) is 5.69 Å². The fourth-order valence-corrected chi connectivity index (χ4v) is 5.38. The van der Waals surface area contributed by atoms with Gasteiger partial charge in [0.05, 0.1) is 29.3 Å². The number of hydrogen-bond donors (Lipinski definition) is 1. The molecular weight excluding hydrogens is 477 g/mol. The Kier molecular flexibility index (Phi) is 7.35. The summed E-state index contributed by atoms with van der Waals surface area (Å²) < 4.78 is 7.62. The normalized spacial score (nSPS) is 15.7. The average Bonchev–Trinajstić information content (AvgIpc) is 3.31. The van der Waals surface area contributed by atoms with Crippen molar-refractivity contribution in [2.45, 2.75) is 38.6 Å². The number of rotatable bonds is 4. The minimum atomic E-state index is -1.06. The molecule has 0 atom stereocenters. The minimum Gasteiger partial charge on any atom is -0.477 e. The van der Waals surface area contributed by atoms with Gasteiger partial charge >= 0.3 is 5.97 Å². The number of amides is 1. The average molecular weight is 504 g/mol. The third-order valence-corrected chi connectivity index (χ3v) is 7.39. The smallest absolute Gasteiger partial charge is 0.354 e. The van der Waals surface area contributed by atoms with Gasteiger partial charge in [0.15, 0.2) is 0 Å². The Balaban J connectivity index is 0.00000294. The zero-order chi connectivity index (χ0) is 25.5. The Morgan fingerprint density at radius 2 is 1.89 bits per heavy atom. The first-order valence-corrected chi connectivity index (χ1v) is 12.5. The number of fused-ring (bicyclic) bond motifs is 2. The van der Waals surface area contributed by atoms with Gasteiger partial charge in [-0.1, -0.05) is 12.1 Å². The van der Waals surface area contributed by atoms with Crippen LogP contribution in [0.25, 0.3) is 27.7 Å². The number of hydrogen-bond acceptors (Lipinski definition) is 6. The fraction of sp³-hybridized carbons (Fsp3) is 0.321. The van der Waals surface area contributed by atoms with Crippen LogP contribution in [0.15, 0.2) is 48.8 Å². The maximum Gasteiger partial charge on any atom is 0.354 e. The summed E-state index contributed by atoms with van der Waals surface area (Å²) >= 11 is 0. The molecule has 0 spiro atoms. The molecule has 3 aromatic heterocycles. The summed E-state index contributed by atoms with van der Waals surface area (Å²) in [6.07, 6.45) is 6.07. The van der Waals surface area contributed by atoms with Crippen LogP contribution in [0.2, 0.25) is 0 Å². The maximum absolute atomic E-state index is 12.2. The van der Waals surface area contributed by atoms with Crippen LogP contribution in [0.3, 0.4) is 0 Å². The number of carbonyl (C=O) groups excluding carboxylic acids is 1. The van der Waals surface area contributed by atoms with Crippen LogP contribution < -0.4 is 0 Å².